The van der Waals surface area contributed by atoms with Crippen LogP contribution in [0.5, 0.6) is 0 Å². The molecule has 0 aromatic rings. The van der Waals surface area contributed by atoms with Crippen LogP contribution in [0.3, 0.4) is 0 Å². The second-order valence-corrected chi connectivity index (χ2v) is 4.61. The predicted octanol–water partition coefficient (Wildman–Crippen LogP) is 5.12. The fourth-order valence-electron chi connectivity index (χ4n) is 1.77. The topological polar surface area (TPSA) is 0 Å². The third-order valence-electron chi connectivity index (χ3n) is 2.69. The van der Waals surface area contributed by atoms with Gasteiger partial charge < -0.3 is 0 Å². The number of rotatable bonds is 3. The molecule has 0 bridgehead atoms. The molecule has 0 aromatic carbocycles. The van der Waals surface area contributed by atoms with Crippen LogP contribution in [0.15, 0.2) is 59.3 Å². The van der Waals surface area contributed by atoms with Gasteiger partial charge in [-0.2, -0.15) is 0 Å². The summed E-state index contributed by atoms with van der Waals surface area (Å²) in [5.74, 6) is 0. The molecule has 0 radical (unpaired) electrons. The molecule has 0 atom stereocenters. The van der Waals surface area contributed by atoms with Crippen molar-refractivity contribution in [3.8, 4) is 0 Å². The van der Waals surface area contributed by atoms with E-state index in [-0.39, 0.29) is 0 Å². The van der Waals surface area contributed by atoms with Crippen molar-refractivity contribution in [3.63, 3.8) is 0 Å². The van der Waals surface area contributed by atoms with Gasteiger partial charge in [-0.1, -0.05) is 48.1 Å². The molecule has 0 unspecified atom stereocenters. The molecule has 0 nitrogen and oxygen atoms in total. The molecule has 0 heterocycles. The summed E-state index contributed by atoms with van der Waals surface area (Å²) in [5, 5.41) is 0. The van der Waals surface area contributed by atoms with Crippen molar-refractivity contribution < 1.29 is 0 Å². The Labute approximate surface area is 99.8 Å². The van der Waals surface area contributed by atoms with E-state index in [1.165, 1.54) is 41.6 Å². The van der Waals surface area contributed by atoms with Gasteiger partial charge in [0.15, 0.2) is 0 Å². The standard InChI is InChI=1S/C16H22/c1-5-15(11-10-13(2)3)16-9-7-6-8-14(4)12-16/h5,9-12H,1,6-8H2,2-4H3/b15-11+. The van der Waals surface area contributed by atoms with E-state index in [1.54, 1.807) is 0 Å². The Kier molecular flexibility index (Phi) is 5.04. The van der Waals surface area contributed by atoms with Crippen LogP contribution in [0.1, 0.15) is 40.0 Å². The fourth-order valence-corrected chi connectivity index (χ4v) is 1.77. The van der Waals surface area contributed by atoms with E-state index < -0.39 is 0 Å². The first-order valence-electron chi connectivity index (χ1n) is 5.99. The van der Waals surface area contributed by atoms with Crippen LogP contribution < -0.4 is 0 Å². The summed E-state index contributed by atoms with van der Waals surface area (Å²) in [7, 11) is 0. The Hall–Kier alpha value is -1.30. The monoisotopic (exact) mass is 214 g/mol. The molecule has 0 fully saturated rings. The molecular weight excluding hydrogens is 192 g/mol. The van der Waals surface area contributed by atoms with Crippen molar-refractivity contribution in [2.24, 2.45) is 0 Å². The molecule has 0 spiro atoms. The molecule has 16 heavy (non-hydrogen) atoms. The second kappa shape index (κ2) is 6.32. The van der Waals surface area contributed by atoms with Crippen LogP contribution in [0.4, 0.5) is 0 Å². The zero-order valence-corrected chi connectivity index (χ0v) is 10.7. The molecule has 0 aromatic heterocycles. The Balaban J connectivity index is 2.99. The molecule has 1 aliphatic carbocycles. The highest BCUT2D eigenvalue weighted by molar-refractivity contribution is 5.49. The lowest BCUT2D eigenvalue weighted by Crippen LogP contribution is -1.83. The Morgan fingerprint density at radius 2 is 2.06 bits per heavy atom. The zero-order chi connectivity index (χ0) is 12.0. The lowest BCUT2D eigenvalue weighted by Gasteiger charge is -2.03. The first-order valence-corrected chi connectivity index (χ1v) is 5.99. The molecule has 0 saturated carbocycles. The number of hydrogen-bond acceptors (Lipinski definition) is 0. The lowest BCUT2D eigenvalue weighted by molar-refractivity contribution is 0.841. The van der Waals surface area contributed by atoms with E-state index in [2.05, 4.69) is 51.7 Å². The third-order valence-corrected chi connectivity index (χ3v) is 2.69. The first kappa shape index (κ1) is 12.8. The lowest BCUT2D eigenvalue weighted by atomic mass is 10.0. The van der Waals surface area contributed by atoms with Gasteiger partial charge in [-0.05, 0) is 51.2 Å². The van der Waals surface area contributed by atoms with Crippen LogP contribution in [0.2, 0.25) is 0 Å². The number of hydrogen-bond donors (Lipinski definition) is 0. The zero-order valence-electron chi connectivity index (χ0n) is 10.7. The minimum Gasteiger partial charge on any atom is -0.0984 e. The van der Waals surface area contributed by atoms with Gasteiger partial charge in [0.25, 0.3) is 0 Å². The van der Waals surface area contributed by atoms with Gasteiger partial charge in [0.2, 0.25) is 0 Å². The van der Waals surface area contributed by atoms with Crippen LogP contribution in [0.25, 0.3) is 0 Å². The maximum atomic E-state index is 3.90. The Morgan fingerprint density at radius 3 is 2.69 bits per heavy atom. The fraction of sp³-hybridized carbons (Fsp3) is 0.375. The van der Waals surface area contributed by atoms with E-state index in [1.807, 2.05) is 6.08 Å². The summed E-state index contributed by atoms with van der Waals surface area (Å²) < 4.78 is 0. The van der Waals surface area contributed by atoms with Crippen LogP contribution in [-0.4, -0.2) is 0 Å². The van der Waals surface area contributed by atoms with Crippen molar-refractivity contribution in [2.75, 3.05) is 0 Å². The SMILES string of the molecule is C=C/C(=C\C=C(C)C)C1=CCCCC(C)=C1. The van der Waals surface area contributed by atoms with Gasteiger partial charge in [-0.25, -0.2) is 0 Å². The van der Waals surface area contributed by atoms with Gasteiger partial charge in [-0.3, -0.25) is 0 Å². The Morgan fingerprint density at radius 1 is 1.31 bits per heavy atom. The summed E-state index contributed by atoms with van der Waals surface area (Å²) in [6, 6.07) is 0. The summed E-state index contributed by atoms with van der Waals surface area (Å²) in [6.07, 6.45) is 14.5. The van der Waals surface area contributed by atoms with E-state index in [4.69, 9.17) is 0 Å². The van der Waals surface area contributed by atoms with Crippen molar-refractivity contribution >= 4 is 0 Å². The van der Waals surface area contributed by atoms with Gasteiger partial charge in [0.1, 0.15) is 0 Å². The second-order valence-electron chi connectivity index (χ2n) is 4.61. The Bertz CT molecular complexity index is 369. The molecule has 0 heteroatoms. The van der Waals surface area contributed by atoms with E-state index >= 15 is 0 Å². The smallest absolute Gasteiger partial charge is 0.0193 e. The molecular formula is C16H22. The maximum absolute atomic E-state index is 3.90. The van der Waals surface area contributed by atoms with Crippen LogP contribution in [-0.2, 0) is 0 Å². The number of allylic oxidation sites excluding steroid dienone is 9. The molecule has 0 N–H and O–H groups in total. The first-order chi connectivity index (χ1) is 7.63. The molecule has 1 rings (SSSR count). The molecule has 0 amide bonds. The minimum atomic E-state index is 1.17. The highest BCUT2D eigenvalue weighted by Crippen LogP contribution is 2.22. The van der Waals surface area contributed by atoms with E-state index in [0.717, 1.165) is 0 Å². The predicted molar refractivity (Wildman–Crippen MR) is 73.4 cm³/mol. The molecule has 1 aliphatic rings. The summed E-state index contributed by atoms with van der Waals surface area (Å²) in [6.45, 7) is 10.3. The van der Waals surface area contributed by atoms with Crippen molar-refractivity contribution in [1.29, 1.82) is 0 Å². The largest absolute Gasteiger partial charge is 0.0984 e. The van der Waals surface area contributed by atoms with Crippen LogP contribution >= 0.6 is 0 Å². The van der Waals surface area contributed by atoms with E-state index in [0.29, 0.717) is 0 Å². The third kappa shape index (κ3) is 4.06. The highest BCUT2D eigenvalue weighted by Gasteiger charge is 2.03. The molecule has 0 aliphatic heterocycles. The van der Waals surface area contributed by atoms with Crippen molar-refractivity contribution in [1.82, 2.24) is 0 Å². The van der Waals surface area contributed by atoms with Gasteiger partial charge in [0, 0.05) is 0 Å². The summed E-state index contributed by atoms with van der Waals surface area (Å²) in [5.41, 5.74) is 5.33. The average molecular weight is 214 g/mol. The van der Waals surface area contributed by atoms with Crippen LogP contribution in [0, 0.1) is 0 Å². The van der Waals surface area contributed by atoms with Gasteiger partial charge in [0.05, 0.1) is 0 Å². The molecule has 0 saturated heterocycles. The summed E-state index contributed by atoms with van der Waals surface area (Å²) >= 11 is 0. The normalized spacial score (nSPS) is 17.1. The summed E-state index contributed by atoms with van der Waals surface area (Å²) in [4.78, 5) is 0. The van der Waals surface area contributed by atoms with Crippen molar-refractivity contribution in [2.45, 2.75) is 40.0 Å². The van der Waals surface area contributed by atoms with Crippen molar-refractivity contribution in [3.05, 3.63) is 59.3 Å². The molecule has 86 valence electrons. The van der Waals surface area contributed by atoms with Gasteiger partial charge >= 0.3 is 0 Å². The average Bonchev–Trinajstić information content (AvgIpc) is 2.44. The maximum Gasteiger partial charge on any atom is -0.0193 e. The van der Waals surface area contributed by atoms with E-state index in [9.17, 15) is 0 Å². The quantitative estimate of drug-likeness (QED) is 0.572. The highest BCUT2D eigenvalue weighted by atomic mass is 14.1. The van der Waals surface area contributed by atoms with Gasteiger partial charge in [-0.15, -0.1) is 0 Å². The minimum absolute atomic E-state index is 1.17.